The Kier molecular flexibility index (Phi) is 3.62. The van der Waals surface area contributed by atoms with Crippen LogP contribution in [0.15, 0.2) is 30.5 Å². The summed E-state index contributed by atoms with van der Waals surface area (Å²) in [7, 11) is 0. The molecule has 1 heterocycles. The van der Waals surface area contributed by atoms with Crippen LogP contribution in [0.2, 0.25) is 5.02 Å². The number of hydrogen-bond acceptors (Lipinski definition) is 3. The molecule has 0 bridgehead atoms. The third-order valence-corrected chi connectivity index (χ3v) is 2.59. The van der Waals surface area contributed by atoms with Crippen molar-refractivity contribution < 1.29 is 13.6 Å². The van der Waals surface area contributed by atoms with Gasteiger partial charge in [-0.2, -0.15) is 0 Å². The Morgan fingerprint density at radius 3 is 2.74 bits per heavy atom. The van der Waals surface area contributed by atoms with E-state index in [1.165, 1.54) is 12.1 Å². The molecule has 3 N–H and O–H groups in total. The smallest absolute Gasteiger partial charge is 0.277 e. The summed E-state index contributed by atoms with van der Waals surface area (Å²) in [6.45, 7) is 0. The molecule has 0 fully saturated rings. The first-order valence-corrected chi connectivity index (χ1v) is 5.52. The fourth-order valence-electron chi connectivity index (χ4n) is 1.40. The van der Waals surface area contributed by atoms with Crippen molar-refractivity contribution in [1.29, 1.82) is 0 Å². The van der Waals surface area contributed by atoms with Crippen LogP contribution < -0.4 is 11.1 Å². The Morgan fingerprint density at radius 1 is 1.32 bits per heavy atom. The van der Waals surface area contributed by atoms with Crippen LogP contribution in [0, 0.1) is 11.6 Å². The van der Waals surface area contributed by atoms with Gasteiger partial charge in [-0.3, -0.25) is 4.79 Å². The third-order valence-electron chi connectivity index (χ3n) is 2.26. The molecule has 1 aromatic carbocycles. The highest BCUT2D eigenvalue weighted by molar-refractivity contribution is 6.34. The van der Waals surface area contributed by atoms with E-state index in [1.54, 1.807) is 6.07 Å². The second-order valence-electron chi connectivity index (χ2n) is 3.68. The van der Waals surface area contributed by atoms with Gasteiger partial charge < -0.3 is 11.1 Å². The second kappa shape index (κ2) is 5.19. The lowest BCUT2D eigenvalue weighted by molar-refractivity contribution is 0.101. The molecule has 0 atom stereocenters. The molecule has 98 valence electrons. The highest BCUT2D eigenvalue weighted by Crippen LogP contribution is 2.24. The molecule has 0 aliphatic heterocycles. The third kappa shape index (κ3) is 2.97. The van der Waals surface area contributed by atoms with Gasteiger partial charge in [-0.15, -0.1) is 0 Å². The van der Waals surface area contributed by atoms with Crippen molar-refractivity contribution in [3.63, 3.8) is 0 Å². The van der Waals surface area contributed by atoms with E-state index < -0.39 is 23.2 Å². The maximum absolute atomic E-state index is 13.4. The molecule has 0 saturated heterocycles. The van der Waals surface area contributed by atoms with Gasteiger partial charge in [0.1, 0.15) is 5.82 Å². The molecule has 19 heavy (non-hydrogen) atoms. The van der Waals surface area contributed by atoms with Gasteiger partial charge in [0.2, 0.25) is 0 Å². The highest BCUT2D eigenvalue weighted by Gasteiger charge is 2.15. The number of hydrogen-bond donors (Lipinski definition) is 2. The minimum absolute atomic E-state index is 0.220. The summed E-state index contributed by atoms with van der Waals surface area (Å²) in [5.41, 5.74) is 5.62. The van der Waals surface area contributed by atoms with Crippen molar-refractivity contribution >= 4 is 28.9 Å². The van der Waals surface area contributed by atoms with Gasteiger partial charge in [0.05, 0.1) is 16.9 Å². The summed E-state index contributed by atoms with van der Waals surface area (Å²) in [5, 5.41) is 2.59. The van der Waals surface area contributed by atoms with E-state index in [0.29, 0.717) is 11.8 Å². The molecule has 7 heteroatoms. The van der Waals surface area contributed by atoms with Crippen LogP contribution >= 0.6 is 11.6 Å². The summed E-state index contributed by atoms with van der Waals surface area (Å²) >= 11 is 5.85. The van der Waals surface area contributed by atoms with E-state index in [9.17, 15) is 13.6 Å². The van der Waals surface area contributed by atoms with Crippen molar-refractivity contribution in [2.75, 3.05) is 11.1 Å². The van der Waals surface area contributed by atoms with Gasteiger partial charge in [0.15, 0.2) is 11.5 Å². The number of amides is 1. The minimum atomic E-state index is -1.06. The molecule has 4 nitrogen and oxygen atoms in total. The lowest BCUT2D eigenvalue weighted by Gasteiger charge is -2.08. The average Bonchev–Trinajstić information content (AvgIpc) is 2.33. The van der Waals surface area contributed by atoms with Crippen LogP contribution in [0.5, 0.6) is 0 Å². The maximum atomic E-state index is 13.4. The fraction of sp³-hybridized carbons (Fsp3) is 0. The zero-order valence-corrected chi connectivity index (χ0v) is 10.2. The van der Waals surface area contributed by atoms with Crippen molar-refractivity contribution in [3.05, 3.63) is 52.8 Å². The Bertz CT molecular complexity index is 649. The molecule has 0 saturated carbocycles. The Morgan fingerprint density at radius 2 is 2.05 bits per heavy atom. The summed E-state index contributed by atoms with van der Waals surface area (Å²) in [6.07, 6.45) is 0.749. The molecular weight excluding hydrogens is 276 g/mol. The first-order chi connectivity index (χ1) is 8.97. The number of rotatable bonds is 2. The normalized spacial score (nSPS) is 10.3. The number of carbonyl (C=O) groups excluding carboxylic acids is 1. The summed E-state index contributed by atoms with van der Waals surface area (Å²) < 4.78 is 26.0. The van der Waals surface area contributed by atoms with Crippen molar-refractivity contribution in [2.24, 2.45) is 0 Å². The number of nitrogens with two attached hydrogens (primary N) is 1. The molecule has 0 unspecified atom stereocenters. The van der Waals surface area contributed by atoms with Crippen LogP contribution in [-0.2, 0) is 0 Å². The Balaban J connectivity index is 2.28. The number of nitrogens with zero attached hydrogens (tertiary/aromatic N) is 1. The molecule has 0 spiro atoms. The number of aromatic nitrogens is 1. The molecule has 0 radical (unpaired) electrons. The lowest BCUT2D eigenvalue weighted by atomic mass is 10.2. The standard InChI is InChI=1S/C12H8ClF2N3O/c13-8-2-1-7(16)4-10(8)18-12(19)11-9(15)3-6(14)5-17-11/h1-5H,16H2,(H,18,19). The quantitative estimate of drug-likeness (QED) is 0.833. The molecule has 1 aromatic heterocycles. The predicted molar refractivity (Wildman–Crippen MR) is 68.0 cm³/mol. The summed E-state index contributed by atoms with van der Waals surface area (Å²) in [4.78, 5) is 15.2. The Labute approximate surface area is 112 Å². The highest BCUT2D eigenvalue weighted by atomic mass is 35.5. The van der Waals surface area contributed by atoms with Gasteiger partial charge in [0.25, 0.3) is 5.91 Å². The zero-order valence-electron chi connectivity index (χ0n) is 9.45. The van der Waals surface area contributed by atoms with Crippen LogP contribution in [0.25, 0.3) is 0 Å². The zero-order chi connectivity index (χ0) is 14.0. The van der Waals surface area contributed by atoms with Crippen LogP contribution in [0.4, 0.5) is 20.2 Å². The monoisotopic (exact) mass is 283 g/mol. The molecule has 1 amide bonds. The van der Waals surface area contributed by atoms with E-state index in [4.69, 9.17) is 17.3 Å². The second-order valence-corrected chi connectivity index (χ2v) is 4.08. The number of carbonyl (C=O) groups is 1. The van der Waals surface area contributed by atoms with Crippen LogP contribution in [0.3, 0.4) is 0 Å². The van der Waals surface area contributed by atoms with E-state index >= 15 is 0 Å². The van der Waals surface area contributed by atoms with E-state index in [0.717, 1.165) is 6.20 Å². The van der Waals surface area contributed by atoms with E-state index in [-0.39, 0.29) is 10.7 Å². The average molecular weight is 284 g/mol. The predicted octanol–water partition coefficient (Wildman–Crippen LogP) is 2.85. The van der Waals surface area contributed by atoms with Gasteiger partial charge in [-0.25, -0.2) is 13.8 Å². The van der Waals surface area contributed by atoms with Crippen LogP contribution in [0.1, 0.15) is 10.5 Å². The molecular formula is C12H8ClF2N3O. The number of benzene rings is 1. The number of halogens is 3. The summed E-state index contributed by atoms with van der Waals surface area (Å²) in [6, 6.07) is 5.03. The Hall–Kier alpha value is -2.21. The SMILES string of the molecule is Nc1ccc(Cl)c(NC(=O)c2ncc(F)cc2F)c1. The molecule has 2 aromatic rings. The molecule has 2 rings (SSSR count). The van der Waals surface area contributed by atoms with Gasteiger partial charge in [0, 0.05) is 11.8 Å². The van der Waals surface area contributed by atoms with Crippen molar-refractivity contribution in [1.82, 2.24) is 4.98 Å². The van der Waals surface area contributed by atoms with Gasteiger partial charge in [-0.1, -0.05) is 11.6 Å². The van der Waals surface area contributed by atoms with Crippen molar-refractivity contribution in [3.8, 4) is 0 Å². The first-order valence-electron chi connectivity index (χ1n) is 5.15. The number of nitrogen functional groups attached to an aromatic ring is 1. The number of pyridine rings is 1. The molecule has 0 aliphatic rings. The number of nitrogens with one attached hydrogen (secondary N) is 1. The van der Waals surface area contributed by atoms with Gasteiger partial charge >= 0.3 is 0 Å². The fourth-order valence-corrected chi connectivity index (χ4v) is 1.57. The molecule has 0 aliphatic carbocycles. The lowest BCUT2D eigenvalue weighted by Crippen LogP contribution is -2.16. The minimum Gasteiger partial charge on any atom is -0.399 e. The topological polar surface area (TPSA) is 68.0 Å². The maximum Gasteiger partial charge on any atom is 0.277 e. The van der Waals surface area contributed by atoms with E-state index in [2.05, 4.69) is 10.3 Å². The first kappa shape index (κ1) is 13.2. The van der Waals surface area contributed by atoms with Crippen molar-refractivity contribution in [2.45, 2.75) is 0 Å². The van der Waals surface area contributed by atoms with E-state index in [1.807, 2.05) is 0 Å². The van der Waals surface area contributed by atoms with Gasteiger partial charge in [-0.05, 0) is 18.2 Å². The largest absolute Gasteiger partial charge is 0.399 e. The summed E-state index contributed by atoms with van der Waals surface area (Å²) in [5.74, 6) is -2.77. The van der Waals surface area contributed by atoms with Crippen LogP contribution in [-0.4, -0.2) is 10.9 Å². The number of anilines is 2.